The van der Waals surface area contributed by atoms with Gasteiger partial charge in [0.15, 0.2) is 0 Å². The fraction of sp³-hybridized carbons (Fsp3) is 0.294. The van der Waals surface area contributed by atoms with Crippen LogP contribution in [-0.2, 0) is 6.42 Å². The molecule has 1 N–H and O–H groups in total. The molecule has 0 saturated heterocycles. The maximum Gasteiger partial charge on any atom is 0.122 e. The molecular formula is C17H21NOS. The molecule has 106 valence electrons. The number of rotatable bonds is 7. The fourth-order valence-electron chi connectivity index (χ4n) is 2.09. The van der Waals surface area contributed by atoms with Crippen molar-refractivity contribution < 1.29 is 4.74 Å². The number of hydrogen-bond acceptors (Lipinski definition) is 3. The molecular weight excluding hydrogens is 266 g/mol. The number of likely N-dealkylation sites (N-methyl/N-ethyl adjacent to an activating group) is 1. The van der Waals surface area contributed by atoms with Crippen LogP contribution in [0.15, 0.2) is 59.5 Å². The third kappa shape index (κ3) is 4.29. The average Bonchev–Trinajstić information content (AvgIpc) is 2.52. The van der Waals surface area contributed by atoms with E-state index in [9.17, 15) is 0 Å². The van der Waals surface area contributed by atoms with E-state index in [0.29, 0.717) is 6.04 Å². The van der Waals surface area contributed by atoms with Gasteiger partial charge < -0.3 is 10.1 Å². The second kappa shape index (κ2) is 7.98. The first kappa shape index (κ1) is 14.9. The number of thioether (sulfide) groups is 1. The third-order valence-corrected chi connectivity index (χ3v) is 4.44. The molecule has 2 aromatic rings. The van der Waals surface area contributed by atoms with Gasteiger partial charge in [-0.1, -0.05) is 36.4 Å². The van der Waals surface area contributed by atoms with E-state index in [1.54, 1.807) is 7.11 Å². The highest BCUT2D eigenvalue weighted by Gasteiger charge is 2.11. The molecule has 2 rings (SSSR count). The van der Waals surface area contributed by atoms with Crippen LogP contribution >= 0.6 is 11.8 Å². The Labute approximate surface area is 125 Å². The SMILES string of the molecule is CNC(CSc1ccccc1)Cc1ccccc1OC. The Morgan fingerprint density at radius 1 is 1.05 bits per heavy atom. The first-order chi connectivity index (χ1) is 9.83. The van der Waals surface area contributed by atoms with Crippen LogP contribution in [0, 0.1) is 0 Å². The van der Waals surface area contributed by atoms with Crippen LogP contribution in [0.4, 0.5) is 0 Å². The van der Waals surface area contributed by atoms with Crippen molar-refractivity contribution in [2.24, 2.45) is 0 Å². The van der Waals surface area contributed by atoms with E-state index >= 15 is 0 Å². The zero-order chi connectivity index (χ0) is 14.2. The zero-order valence-electron chi connectivity index (χ0n) is 12.0. The highest BCUT2D eigenvalue weighted by Crippen LogP contribution is 2.22. The Kier molecular flexibility index (Phi) is 5.96. The molecule has 0 fully saturated rings. The Hall–Kier alpha value is -1.45. The van der Waals surface area contributed by atoms with Gasteiger partial charge in [-0.25, -0.2) is 0 Å². The lowest BCUT2D eigenvalue weighted by atomic mass is 10.1. The van der Waals surface area contributed by atoms with Crippen LogP contribution in [0.3, 0.4) is 0 Å². The number of benzene rings is 2. The van der Waals surface area contributed by atoms with Crippen LogP contribution in [0.25, 0.3) is 0 Å². The lowest BCUT2D eigenvalue weighted by Gasteiger charge is -2.17. The van der Waals surface area contributed by atoms with Gasteiger partial charge in [-0.05, 0) is 37.2 Å². The van der Waals surface area contributed by atoms with Crippen molar-refractivity contribution in [3.8, 4) is 5.75 Å². The molecule has 0 saturated carbocycles. The lowest BCUT2D eigenvalue weighted by Crippen LogP contribution is -2.30. The van der Waals surface area contributed by atoms with Gasteiger partial charge in [0.25, 0.3) is 0 Å². The van der Waals surface area contributed by atoms with Gasteiger partial charge in [-0.15, -0.1) is 11.8 Å². The Balaban J connectivity index is 1.95. The Bertz CT molecular complexity index is 515. The minimum atomic E-state index is 0.427. The molecule has 0 amide bonds. The monoisotopic (exact) mass is 287 g/mol. The summed E-state index contributed by atoms with van der Waals surface area (Å²) >= 11 is 1.88. The summed E-state index contributed by atoms with van der Waals surface area (Å²) in [6, 6.07) is 19.2. The second-order valence-electron chi connectivity index (χ2n) is 4.63. The predicted molar refractivity (Wildman–Crippen MR) is 86.7 cm³/mol. The molecule has 2 aromatic carbocycles. The smallest absolute Gasteiger partial charge is 0.122 e. The number of hydrogen-bond donors (Lipinski definition) is 1. The molecule has 0 bridgehead atoms. The number of ether oxygens (including phenoxy) is 1. The van der Waals surface area contributed by atoms with Crippen molar-refractivity contribution in [2.45, 2.75) is 17.4 Å². The lowest BCUT2D eigenvalue weighted by molar-refractivity contribution is 0.407. The molecule has 0 aliphatic carbocycles. The molecule has 0 aliphatic heterocycles. The molecule has 0 aromatic heterocycles. The maximum absolute atomic E-state index is 5.42. The van der Waals surface area contributed by atoms with Crippen LogP contribution in [0.2, 0.25) is 0 Å². The molecule has 3 heteroatoms. The summed E-state index contributed by atoms with van der Waals surface area (Å²) in [5.74, 6) is 2.01. The number of nitrogens with one attached hydrogen (secondary N) is 1. The van der Waals surface area contributed by atoms with E-state index in [2.05, 4.69) is 47.8 Å². The molecule has 0 heterocycles. The Morgan fingerprint density at radius 3 is 2.45 bits per heavy atom. The van der Waals surface area contributed by atoms with Crippen LogP contribution in [0.5, 0.6) is 5.75 Å². The average molecular weight is 287 g/mol. The summed E-state index contributed by atoms with van der Waals surface area (Å²) in [6.45, 7) is 0. The van der Waals surface area contributed by atoms with E-state index in [1.807, 2.05) is 30.9 Å². The Morgan fingerprint density at radius 2 is 1.75 bits per heavy atom. The third-order valence-electron chi connectivity index (χ3n) is 3.26. The molecule has 1 unspecified atom stereocenters. The van der Waals surface area contributed by atoms with Crippen molar-refractivity contribution in [2.75, 3.05) is 19.9 Å². The highest BCUT2D eigenvalue weighted by atomic mass is 32.2. The number of methoxy groups -OCH3 is 1. The van der Waals surface area contributed by atoms with Gasteiger partial charge in [0.1, 0.15) is 5.75 Å². The number of para-hydroxylation sites is 1. The predicted octanol–water partition coefficient (Wildman–Crippen LogP) is 3.62. The van der Waals surface area contributed by atoms with E-state index in [0.717, 1.165) is 17.9 Å². The van der Waals surface area contributed by atoms with Crippen LogP contribution in [0.1, 0.15) is 5.56 Å². The molecule has 0 spiro atoms. The van der Waals surface area contributed by atoms with Gasteiger partial charge in [0.2, 0.25) is 0 Å². The van der Waals surface area contributed by atoms with Gasteiger partial charge in [-0.2, -0.15) is 0 Å². The standard InChI is InChI=1S/C17H21NOS/c1-18-15(13-20-16-9-4-3-5-10-16)12-14-8-6-7-11-17(14)19-2/h3-11,15,18H,12-13H2,1-2H3. The van der Waals surface area contributed by atoms with E-state index in [4.69, 9.17) is 4.74 Å². The van der Waals surface area contributed by atoms with E-state index in [1.165, 1.54) is 10.5 Å². The van der Waals surface area contributed by atoms with E-state index < -0.39 is 0 Å². The second-order valence-corrected chi connectivity index (χ2v) is 5.72. The van der Waals surface area contributed by atoms with Gasteiger partial charge in [0.05, 0.1) is 7.11 Å². The quantitative estimate of drug-likeness (QED) is 0.786. The summed E-state index contributed by atoms with van der Waals surface area (Å²) in [7, 11) is 3.75. The summed E-state index contributed by atoms with van der Waals surface area (Å²) < 4.78 is 5.42. The van der Waals surface area contributed by atoms with Gasteiger partial charge >= 0.3 is 0 Å². The summed E-state index contributed by atoms with van der Waals surface area (Å²) in [4.78, 5) is 1.31. The molecule has 0 aliphatic rings. The summed E-state index contributed by atoms with van der Waals surface area (Å²) in [5.41, 5.74) is 1.25. The fourth-order valence-corrected chi connectivity index (χ4v) is 3.12. The van der Waals surface area contributed by atoms with Crippen molar-refractivity contribution >= 4 is 11.8 Å². The topological polar surface area (TPSA) is 21.3 Å². The minimum Gasteiger partial charge on any atom is -0.496 e. The summed E-state index contributed by atoms with van der Waals surface area (Å²) in [5, 5.41) is 3.40. The first-order valence-electron chi connectivity index (χ1n) is 6.80. The van der Waals surface area contributed by atoms with E-state index in [-0.39, 0.29) is 0 Å². The normalized spacial score (nSPS) is 12.1. The first-order valence-corrected chi connectivity index (χ1v) is 7.79. The summed E-state index contributed by atoms with van der Waals surface area (Å²) in [6.07, 6.45) is 0.973. The zero-order valence-corrected chi connectivity index (χ0v) is 12.8. The van der Waals surface area contributed by atoms with Crippen LogP contribution in [-0.4, -0.2) is 26.0 Å². The van der Waals surface area contributed by atoms with Crippen molar-refractivity contribution in [3.05, 3.63) is 60.2 Å². The van der Waals surface area contributed by atoms with Gasteiger partial charge in [-0.3, -0.25) is 0 Å². The maximum atomic E-state index is 5.42. The molecule has 0 radical (unpaired) electrons. The van der Waals surface area contributed by atoms with Crippen molar-refractivity contribution in [1.29, 1.82) is 0 Å². The van der Waals surface area contributed by atoms with Crippen molar-refractivity contribution in [3.63, 3.8) is 0 Å². The molecule has 20 heavy (non-hydrogen) atoms. The highest BCUT2D eigenvalue weighted by molar-refractivity contribution is 7.99. The molecule has 1 atom stereocenters. The largest absolute Gasteiger partial charge is 0.496 e. The minimum absolute atomic E-state index is 0.427. The van der Waals surface area contributed by atoms with Gasteiger partial charge in [0, 0.05) is 16.7 Å². The molecule has 2 nitrogen and oxygen atoms in total. The van der Waals surface area contributed by atoms with Crippen molar-refractivity contribution in [1.82, 2.24) is 5.32 Å². The van der Waals surface area contributed by atoms with Crippen LogP contribution < -0.4 is 10.1 Å².